The third kappa shape index (κ3) is 1.82. The summed E-state index contributed by atoms with van der Waals surface area (Å²) in [7, 11) is 0. The monoisotopic (exact) mass is 279 g/mol. The van der Waals surface area contributed by atoms with E-state index in [9.17, 15) is 4.79 Å². The van der Waals surface area contributed by atoms with Crippen LogP contribution in [0.25, 0.3) is 10.9 Å². The minimum atomic E-state index is -0.311. The van der Waals surface area contributed by atoms with Gasteiger partial charge in [-0.15, -0.1) is 0 Å². The van der Waals surface area contributed by atoms with Crippen molar-refractivity contribution in [2.24, 2.45) is 0 Å². The molecule has 2 aromatic rings. The normalized spacial score (nSPS) is 15.3. The molecule has 5 heteroatoms. The Kier molecular flexibility index (Phi) is 2.21. The standard InChI is InChI=1S/C11H10BrN3O/c12-6-1-4-8-9(5-6)14-11(16)15-10(8)13-7-2-3-7/h1,4-5,7H,2-3H2,(H2,13,14,15,16). The van der Waals surface area contributed by atoms with Crippen LogP contribution < -0.4 is 11.0 Å². The average molecular weight is 280 g/mol. The van der Waals surface area contributed by atoms with Crippen LogP contribution in [0.15, 0.2) is 27.5 Å². The number of hydrogen-bond acceptors (Lipinski definition) is 3. The van der Waals surface area contributed by atoms with Crippen LogP contribution in [0.1, 0.15) is 12.8 Å². The predicted octanol–water partition coefficient (Wildman–Crippen LogP) is 2.26. The van der Waals surface area contributed by atoms with Gasteiger partial charge in [-0.1, -0.05) is 15.9 Å². The van der Waals surface area contributed by atoms with Gasteiger partial charge in [0.15, 0.2) is 0 Å². The smallest absolute Gasteiger partial charge is 0.347 e. The number of halogens is 1. The summed E-state index contributed by atoms with van der Waals surface area (Å²) in [5.74, 6) is 0.689. The number of rotatable bonds is 2. The molecule has 0 aliphatic heterocycles. The zero-order valence-electron chi connectivity index (χ0n) is 8.46. The molecule has 0 unspecified atom stereocenters. The number of H-pyrrole nitrogens is 1. The van der Waals surface area contributed by atoms with Gasteiger partial charge in [0, 0.05) is 15.9 Å². The van der Waals surface area contributed by atoms with Crippen molar-refractivity contribution < 1.29 is 0 Å². The molecule has 82 valence electrons. The third-order valence-corrected chi connectivity index (χ3v) is 3.10. The SMILES string of the molecule is O=c1nc(NC2CC2)c2ccc(Br)cc2[nH]1. The number of aromatic nitrogens is 2. The number of benzene rings is 1. The fourth-order valence-corrected chi connectivity index (χ4v) is 2.02. The maximum absolute atomic E-state index is 11.4. The number of fused-ring (bicyclic) bond motifs is 1. The molecule has 1 aliphatic carbocycles. The highest BCUT2D eigenvalue weighted by Crippen LogP contribution is 2.27. The summed E-state index contributed by atoms with van der Waals surface area (Å²) in [5, 5.41) is 4.23. The van der Waals surface area contributed by atoms with Gasteiger partial charge in [-0.05, 0) is 31.0 Å². The number of nitrogens with zero attached hydrogens (tertiary/aromatic N) is 1. The predicted molar refractivity (Wildman–Crippen MR) is 66.7 cm³/mol. The zero-order valence-corrected chi connectivity index (χ0v) is 10.0. The lowest BCUT2D eigenvalue weighted by Crippen LogP contribution is -2.15. The van der Waals surface area contributed by atoms with E-state index in [4.69, 9.17) is 0 Å². The van der Waals surface area contributed by atoms with Gasteiger partial charge in [0.1, 0.15) is 5.82 Å². The first-order valence-electron chi connectivity index (χ1n) is 5.18. The molecular formula is C11H10BrN3O. The molecule has 3 rings (SSSR count). The van der Waals surface area contributed by atoms with Crippen molar-refractivity contribution in [2.45, 2.75) is 18.9 Å². The maximum atomic E-state index is 11.4. The van der Waals surface area contributed by atoms with Crippen molar-refractivity contribution >= 4 is 32.7 Å². The highest BCUT2D eigenvalue weighted by molar-refractivity contribution is 9.10. The second-order valence-electron chi connectivity index (χ2n) is 4.00. The second-order valence-corrected chi connectivity index (χ2v) is 4.91. The molecular weight excluding hydrogens is 270 g/mol. The van der Waals surface area contributed by atoms with Crippen LogP contribution in [-0.4, -0.2) is 16.0 Å². The molecule has 1 saturated carbocycles. The van der Waals surface area contributed by atoms with Gasteiger partial charge < -0.3 is 10.3 Å². The summed E-state index contributed by atoms with van der Waals surface area (Å²) < 4.78 is 0.944. The highest BCUT2D eigenvalue weighted by atomic mass is 79.9. The van der Waals surface area contributed by atoms with Crippen molar-refractivity contribution in [3.8, 4) is 0 Å². The molecule has 0 saturated heterocycles. The molecule has 0 atom stereocenters. The van der Waals surface area contributed by atoms with Crippen molar-refractivity contribution in [2.75, 3.05) is 5.32 Å². The summed E-state index contributed by atoms with van der Waals surface area (Å²) in [6.45, 7) is 0. The zero-order chi connectivity index (χ0) is 11.1. The lowest BCUT2D eigenvalue weighted by molar-refractivity contribution is 1.06. The van der Waals surface area contributed by atoms with Crippen LogP contribution in [0.3, 0.4) is 0 Å². The fourth-order valence-electron chi connectivity index (χ4n) is 1.66. The lowest BCUT2D eigenvalue weighted by atomic mass is 10.2. The van der Waals surface area contributed by atoms with Gasteiger partial charge in [0.25, 0.3) is 0 Å². The summed E-state index contributed by atoms with van der Waals surface area (Å²) in [4.78, 5) is 18.1. The molecule has 16 heavy (non-hydrogen) atoms. The molecule has 1 heterocycles. The lowest BCUT2D eigenvalue weighted by Gasteiger charge is -2.06. The largest absolute Gasteiger partial charge is 0.367 e. The van der Waals surface area contributed by atoms with Crippen LogP contribution in [0.4, 0.5) is 5.82 Å². The molecule has 0 radical (unpaired) electrons. The number of aromatic amines is 1. The van der Waals surface area contributed by atoms with E-state index in [0.29, 0.717) is 11.9 Å². The van der Waals surface area contributed by atoms with E-state index in [0.717, 1.165) is 28.2 Å². The van der Waals surface area contributed by atoms with Crippen molar-refractivity contribution in [1.29, 1.82) is 0 Å². The Hall–Kier alpha value is -1.36. The van der Waals surface area contributed by atoms with Gasteiger partial charge in [-0.25, -0.2) is 4.79 Å². The summed E-state index contributed by atoms with van der Waals surface area (Å²) in [6.07, 6.45) is 2.32. The summed E-state index contributed by atoms with van der Waals surface area (Å²) in [6, 6.07) is 6.27. The van der Waals surface area contributed by atoms with Crippen LogP contribution in [0.2, 0.25) is 0 Å². The van der Waals surface area contributed by atoms with E-state index in [1.807, 2.05) is 18.2 Å². The Morgan fingerprint density at radius 2 is 2.25 bits per heavy atom. The van der Waals surface area contributed by atoms with E-state index >= 15 is 0 Å². The van der Waals surface area contributed by atoms with Crippen LogP contribution >= 0.6 is 15.9 Å². The Morgan fingerprint density at radius 3 is 3.00 bits per heavy atom. The van der Waals surface area contributed by atoms with Gasteiger partial charge in [0.05, 0.1) is 5.52 Å². The topological polar surface area (TPSA) is 57.8 Å². The first-order chi connectivity index (χ1) is 7.72. The second kappa shape index (κ2) is 3.59. The summed E-state index contributed by atoms with van der Waals surface area (Å²) in [5.41, 5.74) is 0.492. The van der Waals surface area contributed by atoms with E-state index < -0.39 is 0 Å². The maximum Gasteiger partial charge on any atom is 0.347 e. The Balaban J connectivity index is 2.20. The molecule has 0 amide bonds. The van der Waals surface area contributed by atoms with E-state index in [1.165, 1.54) is 0 Å². The first kappa shape index (κ1) is 9.84. The van der Waals surface area contributed by atoms with E-state index in [1.54, 1.807) is 0 Å². The molecule has 1 aromatic carbocycles. The van der Waals surface area contributed by atoms with Gasteiger partial charge >= 0.3 is 5.69 Å². The first-order valence-corrected chi connectivity index (χ1v) is 5.98. The minimum absolute atomic E-state index is 0.311. The average Bonchev–Trinajstić information content (AvgIpc) is 3.00. The summed E-state index contributed by atoms with van der Waals surface area (Å²) >= 11 is 3.38. The van der Waals surface area contributed by atoms with Crippen LogP contribution in [-0.2, 0) is 0 Å². The Labute approximate surface area is 100 Å². The van der Waals surface area contributed by atoms with Crippen molar-refractivity contribution in [3.63, 3.8) is 0 Å². The van der Waals surface area contributed by atoms with Crippen LogP contribution in [0, 0.1) is 0 Å². The molecule has 4 nitrogen and oxygen atoms in total. The van der Waals surface area contributed by atoms with Crippen LogP contribution in [0.5, 0.6) is 0 Å². The quantitative estimate of drug-likeness (QED) is 0.887. The Bertz CT molecular complexity index is 604. The molecule has 0 bridgehead atoms. The highest BCUT2D eigenvalue weighted by Gasteiger charge is 2.22. The number of anilines is 1. The Morgan fingerprint density at radius 1 is 1.44 bits per heavy atom. The van der Waals surface area contributed by atoms with E-state index in [2.05, 4.69) is 31.2 Å². The van der Waals surface area contributed by atoms with E-state index in [-0.39, 0.29) is 5.69 Å². The van der Waals surface area contributed by atoms with Crippen molar-refractivity contribution in [3.05, 3.63) is 33.2 Å². The molecule has 0 spiro atoms. The molecule has 1 fully saturated rings. The molecule has 1 aromatic heterocycles. The van der Waals surface area contributed by atoms with Crippen molar-refractivity contribution in [1.82, 2.24) is 9.97 Å². The fraction of sp³-hybridized carbons (Fsp3) is 0.273. The number of nitrogens with one attached hydrogen (secondary N) is 2. The van der Waals surface area contributed by atoms with Gasteiger partial charge in [0.2, 0.25) is 0 Å². The molecule has 1 aliphatic rings. The van der Waals surface area contributed by atoms with Gasteiger partial charge in [-0.2, -0.15) is 4.98 Å². The number of hydrogen-bond donors (Lipinski definition) is 2. The minimum Gasteiger partial charge on any atom is -0.367 e. The third-order valence-electron chi connectivity index (χ3n) is 2.61. The molecule has 2 N–H and O–H groups in total. The van der Waals surface area contributed by atoms with Gasteiger partial charge in [-0.3, -0.25) is 0 Å².